The van der Waals surface area contributed by atoms with Crippen molar-refractivity contribution in [2.24, 2.45) is 0 Å². The molecular weight excluding hydrogens is 444 g/mol. The quantitative estimate of drug-likeness (QED) is 0.633. The van der Waals surface area contributed by atoms with E-state index in [1.54, 1.807) is 12.1 Å². The van der Waals surface area contributed by atoms with Crippen molar-refractivity contribution in [2.45, 2.75) is 38.9 Å². The number of likely N-dealkylation sites (N-methyl/N-ethyl adjacent to an activating group) is 1. The third-order valence-electron chi connectivity index (χ3n) is 6.05. The van der Waals surface area contributed by atoms with Gasteiger partial charge in [-0.05, 0) is 48.2 Å². The highest BCUT2D eigenvalue weighted by Gasteiger charge is 2.39. The number of halogens is 1. The van der Waals surface area contributed by atoms with Crippen LogP contribution in [0.3, 0.4) is 0 Å². The number of piperidine rings is 1. The van der Waals surface area contributed by atoms with Crippen LogP contribution in [-0.4, -0.2) is 48.2 Å². The molecule has 1 unspecified atom stereocenters. The maximum Gasteiger partial charge on any atom is 0.255 e. The summed E-state index contributed by atoms with van der Waals surface area (Å²) in [4.78, 5) is 52.1. The molecule has 0 spiro atoms. The van der Waals surface area contributed by atoms with E-state index in [0.717, 1.165) is 22.4 Å². The summed E-state index contributed by atoms with van der Waals surface area (Å²) in [6.07, 6.45) is 0.546. The fourth-order valence-corrected chi connectivity index (χ4v) is 4.29. The van der Waals surface area contributed by atoms with Crippen molar-refractivity contribution in [2.75, 3.05) is 18.5 Å². The lowest BCUT2D eigenvalue weighted by atomic mass is 10.0. The number of hydrogen-bond donors (Lipinski definition) is 2. The van der Waals surface area contributed by atoms with Crippen molar-refractivity contribution in [3.8, 4) is 0 Å². The third kappa shape index (κ3) is 4.85. The second-order valence-electron chi connectivity index (χ2n) is 8.46. The Morgan fingerprint density at radius 2 is 2.00 bits per heavy atom. The van der Waals surface area contributed by atoms with Gasteiger partial charge in [0.1, 0.15) is 6.04 Å². The van der Waals surface area contributed by atoms with Crippen LogP contribution in [-0.2, 0) is 27.5 Å². The second-order valence-corrected chi connectivity index (χ2v) is 8.86. The Balaban J connectivity index is 1.35. The molecule has 2 aromatic carbocycles. The lowest BCUT2D eigenvalue weighted by Gasteiger charge is -2.29. The molecule has 2 N–H and O–H groups in total. The minimum absolute atomic E-state index is 0.143. The third-order valence-corrected chi connectivity index (χ3v) is 6.46. The maximum atomic E-state index is 12.8. The van der Waals surface area contributed by atoms with Gasteiger partial charge in [0.15, 0.2) is 0 Å². The molecule has 9 heteroatoms. The predicted octanol–water partition coefficient (Wildman–Crippen LogP) is 2.16. The summed E-state index contributed by atoms with van der Waals surface area (Å²) < 4.78 is 0. The minimum atomic E-state index is -0.642. The van der Waals surface area contributed by atoms with Crippen molar-refractivity contribution >= 4 is 40.9 Å². The number of carbonyl (C=O) groups is 4. The van der Waals surface area contributed by atoms with E-state index in [9.17, 15) is 19.2 Å². The first-order valence-corrected chi connectivity index (χ1v) is 11.1. The van der Waals surface area contributed by atoms with Gasteiger partial charge < -0.3 is 15.1 Å². The van der Waals surface area contributed by atoms with Crippen LogP contribution in [0.5, 0.6) is 0 Å². The Hall–Kier alpha value is -3.39. The Labute approximate surface area is 196 Å². The first-order chi connectivity index (χ1) is 15.7. The molecule has 0 aromatic heterocycles. The molecule has 2 aromatic rings. The van der Waals surface area contributed by atoms with Crippen LogP contribution in [0.15, 0.2) is 36.4 Å². The van der Waals surface area contributed by atoms with E-state index in [2.05, 4.69) is 10.6 Å². The van der Waals surface area contributed by atoms with Crippen molar-refractivity contribution in [1.82, 2.24) is 15.5 Å². The van der Waals surface area contributed by atoms with Gasteiger partial charge in [-0.25, -0.2) is 0 Å². The molecule has 1 atom stereocenters. The number of fused-ring (bicyclic) bond motifs is 1. The smallest absolute Gasteiger partial charge is 0.255 e. The molecular formula is C24H25ClN4O4. The lowest BCUT2D eigenvalue weighted by Crippen LogP contribution is -2.52. The number of benzene rings is 2. The molecule has 1 fully saturated rings. The summed E-state index contributed by atoms with van der Waals surface area (Å²) >= 11 is 6.17. The molecule has 0 bridgehead atoms. The zero-order chi connectivity index (χ0) is 23.7. The summed E-state index contributed by atoms with van der Waals surface area (Å²) in [5, 5.41) is 5.85. The normalized spacial score (nSPS) is 17.6. The van der Waals surface area contributed by atoms with Gasteiger partial charge in [-0.1, -0.05) is 29.8 Å². The van der Waals surface area contributed by atoms with Crippen LogP contribution < -0.4 is 15.5 Å². The van der Waals surface area contributed by atoms with Crippen LogP contribution >= 0.6 is 11.6 Å². The Morgan fingerprint density at radius 3 is 2.73 bits per heavy atom. The fraction of sp³-hybridized carbons (Fsp3) is 0.333. The standard InChI is InChI=1S/C24H25ClN4O4/c1-14-3-5-17(10-19(14)25)28(2)13-22(31)26-11-15-4-6-18-16(9-15)12-29(24(18)33)20-7-8-21(30)27-23(20)32/h3-6,9-10,20H,7-8,11-13H2,1-2H3,(H,26,31)(H,27,30,32). The molecule has 0 radical (unpaired) electrons. The van der Waals surface area contributed by atoms with Crippen LogP contribution in [0.4, 0.5) is 5.69 Å². The average molecular weight is 469 g/mol. The SMILES string of the molecule is Cc1ccc(N(C)CC(=O)NCc2ccc3c(c2)CN(C2CCC(=O)NC2=O)C3=O)cc1Cl. The first-order valence-electron chi connectivity index (χ1n) is 10.7. The summed E-state index contributed by atoms with van der Waals surface area (Å²) in [5.41, 5.74) is 4.05. The lowest BCUT2D eigenvalue weighted by molar-refractivity contribution is -0.137. The number of amides is 4. The highest BCUT2D eigenvalue weighted by atomic mass is 35.5. The second kappa shape index (κ2) is 9.23. The molecule has 8 nitrogen and oxygen atoms in total. The Bertz CT molecular complexity index is 1150. The van der Waals surface area contributed by atoms with E-state index in [-0.39, 0.29) is 30.7 Å². The summed E-state index contributed by atoms with van der Waals surface area (Å²) in [6.45, 7) is 2.72. The zero-order valence-corrected chi connectivity index (χ0v) is 19.2. The number of imide groups is 1. The zero-order valence-electron chi connectivity index (χ0n) is 18.5. The van der Waals surface area contributed by atoms with E-state index in [0.29, 0.717) is 30.1 Å². The van der Waals surface area contributed by atoms with Crippen molar-refractivity contribution < 1.29 is 19.2 Å². The van der Waals surface area contributed by atoms with Gasteiger partial charge in [-0.15, -0.1) is 0 Å². The van der Waals surface area contributed by atoms with Crippen molar-refractivity contribution in [1.29, 1.82) is 0 Å². The van der Waals surface area contributed by atoms with Gasteiger partial charge in [0, 0.05) is 42.8 Å². The largest absolute Gasteiger partial charge is 0.365 e. The van der Waals surface area contributed by atoms with Crippen molar-refractivity contribution in [3.63, 3.8) is 0 Å². The number of carbonyl (C=O) groups excluding carboxylic acids is 4. The minimum Gasteiger partial charge on any atom is -0.365 e. The highest BCUT2D eigenvalue weighted by Crippen LogP contribution is 2.28. The average Bonchev–Trinajstić information content (AvgIpc) is 3.09. The van der Waals surface area contributed by atoms with E-state index in [1.165, 1.54) is 4.90 Å². The van der Waals surface area contributed by atoms with E-state index >= 15 is 0 Å². The molecule has 0 saturated carbocycles. The van der Waals surface area contributed by atoms with Gasteiger partial charge in [0.25, 0.3) is 5.91 Å². The van der Waals surface area contributed by atoms with Gasteiger partial charge >= 0.3 is 0 Å². The number of anilines is 1. The number of rotatable bonds is 6. The van der Waals surface area contributed by atoms with Crippen LogP contribution in [0.1, 0.15) is 39.9 Å². The first kappa shape index (κ1) is 22.8. The number of nitrogens with zero attached hydrogens (tertiary/aromatic N) is 2. The summed E-state index contributed by atoms with van der Waals surface area (Å²) in [7, 11) is 1.82. The van der Waals surface area contributed by atoms with Crippen LogP contribution in [0.2, 0.25) is 5.02 Å². The Morgan fingerprint density at radius 1 is 1.21 bits per heavy atom. The predicted molar refractivity (Wildman–Crippen MR) is 124 cm³/mol. The molecule has 2 aliphatic heterocycles. The molecule has 0 aliphatic carbocycles. The molecule has 2 aliphatic rings. The fourth-order valence-electron chi connectivity index (χ4n) is 4.12. The molecule has 33 heavy (non-hydrogen) atoms. The van der Waals surface area contributed by atoms with Gasteiger partial charge in [0.05, 0.1) is 6.54 Å². The van der Waals surface area contributed by atoms with Gasteiger partial charge in [-0.2, -0.15) is 0 Å². The van der Waals surface area contributed by atoms with Crippen LogP contribution in [0, 0.1) is 6.92 Å². The highest BCUT2D eigenvalue weighted by molar-refractivity contribution is 6.31. The van der Waals surface area contributed by atoms with Crippen LogP contribution in [0.25, 0.3) is 0 Å². The number of nitrogens with one attached hydrogen (secondary N) is 2. The topological polar surface area (TPSA) is 98.8 Å². The maximum absolute atomic E-state index is 12.8. The van der Waals surface area contributed by atoms with E-state index in [4.69, 9.17) is 11.6 Å². The molecule has 4 rings (SSSR count). The van der Waals surface area contributed by atoms with E-state index in [1.807, 2.05) is 43.1 Å². The molecule has 1 saturated heterocycles. The van der Waals surface area contributed by atoms with E-state index < -0.39 is 11.9 Å². The number of hydrogen-bond acceptors (Lipinski definition) is 5. The van der Waals surface area contributed by atoms with Gasteiger partial charge in [0.2, 0.25) is 17.7 Å². The van der Waals surface area contributed by atoms with Crippen molar-refractivity contribution in [3.05, 3.63) is 63.7 Å². The van der Waals surface area contributed by atoms with Gasteiger partial charge in [-0.3, -0.25) is 24.5 Å². The molecule has 2 heterocycles. The summed E-state index contributed by atoms with van der Waals surface area (Å²) in [5.74, 6) is -1.10. The monoisotopic (exact) mass is 468 g/mol. The summed E-state index contributed by atoms with van der Waals surface area (Å²) in [6, 6.07) is 10.4. The number of aryl methyl sites for hydroxylation is 1. The molecule has 172 valence electrons. The Kier molecular flexibility index (Phi) is 6.37. The molecule has 4 amide bonds.